The van der Waals surface area contributed by atoms with Crippen molar-refractivity contribution in [1.29, 1.82) is 0 Å². The summed E-state index contributed by atoms with van der Waals surface area (Å²) in [5, 5.41) is 7.73. The molecule has 140 valence electrons. The highest BCUT2D eigenvalue weighted by Gasteiger charge is 2.31. The smallest absolute Gasteiger partial charge is 0.220 e. The molecular formula is C22H31N3O. The van der Waals surface area contributed by atoms with Gasteiger partial charge in [0.2, 0.25) is 5.91 Å². The summed E-state index contributed by atoms with van der Waals surface area (Å²) in [6, 6.07) is 10.4. The molecule has 1 amide bonds. The van der Waals surface area contributed by atoms with Crippen molar-refractivity contribution in [2.75, 3.05) is 0 Å². The number of benzene rings is 1. The minimum atomic E-state index is 0.169. The first-order valence-electron chi connectivity index (χ1n) is 9.91. The van der Waals surface area contributed by atoms with E-state index >= 15 is 0 Å². The molecule has 2 aromatic rings. The Kier molecular flexibility index (Phi) is 6.12. The summed E-state index contributed by atoms with van der Waals surface area (Å²) in [5.41, 5.74) is 2.14. The van der Waals surface area contributed by atoms with E-state index in [-0.39, 0.29) is 5.91 Å². The van der Waals surface area contributed by atoms with Crippen LogP contribution in [0, 0.1) is 17.8 Å². The number of nitrogens with one attached hydrogen (secondary N) is 1. The molecule has 0 bridgehead atoms. The van der Waals surface area contributed by atoms with Gasteiger partial charge in [-0.2, -0.15) is 5.10 Å². The van der Waals surface area contributed by atoms with E-state index < -0.39 is 0 Å². The molecule has 0 saturated heterocycles. The van der Waals surface area contributed by atoms with Gasteiger partial charge in [0.1, 0.15) is 0 Å². The Morgan fingerprint density at radius 1 is 1.27 bits per heavy atom. The van der Waals surface area contributed by atoms with E-state index in [2.05, 4.69) is 31.2 Å². The van der Waals surface area contributed by atoms with Gasteiger partial charge in [0.05, 0.1) is 11.9 Å². The van der Waals surface area contributed by atoms with E-state index in [9.17, 15) is 4.79 Å². The maximum Gasteiger partial charge on any atom is 0.220 e. The molecule has 1 aliphatic carbocycles. The maximum absolute atomic E-state index is 12.5. The summed E-state index contributed by atoms with van der Waals surface area (Å²) in [7, 11) is 0. The molecule has 0 spiro atoms. The normalized spacial score (nSPS) is 23.2. The third-order valence-corrected chi connectivity index (χ3v) is 5.67. The average Bonchev–Trinajstić information content (AvgIpc) is 3.09. The summed E-state index contributed by atoms with van der Waals surface area (Å²) in [5.74, 6) is 2.11. The number of hydrogen-bond acceptors (Lipinski definition) is 2. The molecule has 0 radical (unpaired) electrons. The molecule has 4 nitrogen and oxygen atoms in total. The molecule has 1 aromatic heterocycles. The Labute approximate surface area is 157 Å². The van der Waals surface area contributed by atoms with Crippen LogP contribution in [0.15, 0.2) is 42.7 Å². The third-order valence-electron chi connectivity index (χ3n) is 5.67. The molecule has 1 N–H and O–H groups in total. The molecule has 26 heavy (non-hydrogen) atoms. The quantitative estimate of drug-likeness (QED) is 0.837. The van der Waals surface area contributed by atoms with Crippen molar-refractivity contribution in [2.24, 2.45) is 17.8 Å². The Morgan fingerprint density at radius 3 is 2.77 bits per heavy atom. The molecule has 3 rings (SSSR count). The predicted molar refractivity (Wildman–Crippen MR) is 105 cm³/mol. The highest BCUT2D eigenvalue weighted by molar-refractivity contribution is 5.76. The van der Waals surface area contributed by atoms with Crippen LogP contribution in [0.1, 0.15) is 52.0 Å². The fraction of sp³-hybridized carbons (Fsp3) is 0.545. The molecule has 1 saturated carbocycles. The molecule has 1 heterocycles. The maximum atomic E-state index is 12.5. The van der Waals surface area contributed by atoms with E-state index in [1.807, 2.05) is 47.4 Å². The molecule has 4 heteroatoms. The summed E-state index contributed by atoms with van der Waals surface area (Å²) < 4.78 is 1.87. The van der Waals surface area contributed by atoms with Crippen molar-refractivity contribution in [3.63, 3.8) is 0 Å². The van der Waals surface area contributed by atoms with Gasteiger partial charge in [0.25, 0.3) is 0 Å². The van der Waals surface area contributed by atoms with Crippen LogP contribution in [0.3, 0.4) is 0 Å². The van der Waals surface area contributed by atoms with Gasteiger partial charge in [-0.15, -0.1) is 0 Å². The number of carbonyl (C=O) groups is 1. The van der Waals surface area contributed by atoms with Crippen LogP contribution in [0.2, 0.25) is 0 Å². The molecule has 1 aliphatic rings. The first-order valence-corrected chi connectivity index (χ1v) is 9.91. The number of aromatic nitrogens is 2. The zero-order chi connectivity index (χ0) is 18.5. The number of amides is 1. The van der Waals surface area contributed by atoms with Crippen molar-refractivity contribution in [3.05, 3.63) is 48.3 Å². The Morgan fingerprint density at radius 2 is 2.04 bits per heavy atom. The summed E-state index contributed by atoms with van der Waals surface area (Å²) in [6.07, 6.45) is 8.76. The number of aryl methyl sites for hydroxylation is 1. The Hall–Kier alpha value is -2.10. The zero-order valence-corrected chi connectivity index (χ0v) is 16.2. The molecule has 3 atom stereocenters. The second-order valence-corrected chi connectivity index (χ2v) is 8.13. The van der Waals surface area contributed by atoms with Crippen molar-refractivity contribution in [1.82, 2.24) is 15.1 Å². The first-order chi connectivity index (χ1) is 12.5. The largest absolute Gasteiger partial charge is 0.353 e. The molecule has 1 aromatic carbocycles. The second kappa shape index (κ2) is 8.52. The van der Waals surface area contributed by atoms with E-state index in [1.165, 1.54) is 12.8 Å². The second-order valence-electron chi connectivity index (χ2n) is 8.13. The Bertz CT molecular complexity index is 707. The van der Waals surface area contributed by atoms with Gasteiger partial charge in [-0.1, -0.05) is 45.4 Å². The minimum absolute atomic E-state index is 0.169. The first kappa shape index (κ1) is 18.7. The predicted octanol–water partition coefficient (Wildman–Crippen LogP) is 4.38. The van der Waals surface area contributed by atoms with Crippen molar-refractivity contribution in [3.8, 4) is 5.69 Å². The minimum Gasteiger partial charge on any atom is -0.353 e. The summed E-state index contributed by atoms with van der Waals surface area (Å²) in [6.45, 7) is 6.85. The highest BCUT2D eigenvalue weighted by Crippen LogP contribution is 2.33. The molecular weight excluding hydrogens is 322 g/mol. The van der Waals surface area contributed by atoms with Crippen LogP contribution in [0.4, 0.5) is 0 Å². The molecule has 1 fully saturated rings. The van der Waals surface area contributed by atoms with E-state index in [1.54, 1.807) is 0 Å². The monoisotopic (exact) mass is 353 g/mol. The number of hydrogen-bond donors (Lipinski definition) is 1. The standard InChI is InChI=1S/C22H31N3O/c1-16(2)20-11-9-17(3)13-21(20)24-22(26)12-10-18-14-23-25(15-18)19-7-5-4-6-8-19/h4-8,14-17,20-21H,9-13H2,1-3H3,(H,24,26). The lowest BCUT2D eigenvalue weighted by molar-refractivity contribution is -0.122. The van der Waals surface area contributed by atoms with Crippen LogP contribution in [0.5, 0.6) is 0 Å². The average molecular weight is 354 g/mol. The van der Waals surface area contributed by atoms with Gasteiger partial charge >= 0.3 is 0 Å². The third kappa shape index (κ3) is 4.75. The van der Waals surface area contributed by atoms with Gasteiger partial charge in [-0.05, 0) is 54.7 Å². The lowest BCUT2D eigenvalue weighted by Crippen LogP contribution is -2.45. The van der Waals surface area contributed by atoms with Gasteiger partial charge < -0.3 is 5.32 Å². The highest BCUT2D eigenvalue weighted by atomic mass is 16.1. The Balaban J connectivity index is 1.53. The molecule has 0 aliphatic heterocycles. The number of carbonyl (C=O) groups excluding carboxylic acids is 1. The number of rotatable bonds is 6. The van der Waals surface area contributed by atoms with Crippen LogP contribution in [0.25, 0.3) is 5.69 Å². The lowest BCUT2D eigenvalue weighted by Gasteiger charge is -2.37. The van der Waals surface area contributed by atoms with E-state index in [0.29, 0.717) is 30.2 Å². The fourth-order valence-corrected chi connectivity index (χ4v) is 4.12. The van der Waals surface area contributed by atoms with Gasteiger partial charge in [0, 0.05) is 18.7 Å². The van der Waals surface area contributed by atoms with Gasteiger partial charge in [0.15, 0.2) is 0 Å². The SMILES string of the molecule is CC1CCC(C(C)C)C(NC(=O)CCc2cnn(-c3ccccc3)c2)C1. The number of nitrogens with zero attached hydrogens (tertiary/aromatic N) is 2. The van der Waals surface area contributed by atoms with Crippen LogP contribution < -0.4 is 5.32 Å². The van der Waals surface area contributed by atoms with Crippen LogP contribution in [-0.2, 0) is 11.2 Å². The van der Waals surface area contributed by atoms with E-state index in [0.717, 1.165) is 24.1 Å². The van der Waals surface area contributed by atoms with Crippen molar-refractivity contribution >= 4 is 5.91 Å². The molecule has 3 unspecified atom stereocenters. The van der Waals surface area contributed by atoms with Gasteiger partial charge in [-0.25, -0.2) is 4.68 Å². The zero-order valence-electron chi connectivity index (χ0n) is 16.2. The lowest BCUT2D eigenvalue weighted by atomic mass is 9.74. The topological polar surface area (TPSA) is 46.9 Å². The summed E-state index contributed by atoms with van der Waals surface area (Å²) in [4.78, 5) is 12.5. The van der Waals surface area contributed by atoms with Crippen molar-refractivity contribution < 1.29 is 4.79 Å². The fourth-order valence-electron chi connectivity index (χ4n) is 4.12. The number of para-hydroxylation sites is 1. The van der Waals surface area contributed by atoms with Gasteiger partial charge in [-0.3, -0.25) is 4.79 Å². The van der Waals surface area contributed by atoms with E-state index in [4.69, 9.17) is 0 Å². The summed E-state index contributed by atoms with van der Waals surface area (Å²) >= 11 is 0. The van der Waals surface area contributed by atoms with Crippen molar-refractivity contribution in [2.45, 2.75) is 58.9 Å². The van der Waals surface area contributed by atoms with Crippen LogP contribution >= 0.6 is 0 Å². The van der Waals surface area contributed by atoms with Crippen LogP contribution in [-0.4, -0.2) is 21.7 Å².